The molecule has 16 heavy (non-hydrogen) atoms. The van der Waals surface area contributed by atoms with E-state index in [2.05, 4.69) is 12.2 Å². The molecule has 1 fully saturated rings. The summed E-state index contributed by atoms with van der Waals surface area (Å²) in [5.41, 5.74) is 0. The monoisotopic (exact) mass is 226 g/mol. The molecule has 1 amide bonds. The van der Waals surface area contributed by atoms with Crippen LogP contribution in [0, 0.1) is 5.92 Å². The van der Waals surface area contributed by atoms with Gasteiger partial charge in [0.25, 0.3) is 0 Å². The average molecular weight is 226 g/mol. The first kappa shape index (κ1) is 13.5. The van der Waals surface area contributed by atoms with E-state index in [0.717, 1.165) is 19.0 Å². The van der Waals surface area contributed by atoms with Crippen LogP contribution in [0.5, 0.6) is 0 Å². The number of amides is 1. The van der Waals surface area contributed by atoms with Crippen LogP contribution in [0.15, 0.2) is 0 Å². The fraction of sp³-hybridized carbons (Fsp3) is 0.923. The van der Waals surface area contributed by atoms with E-state index >= 15 is 0 Å². The summed E-state index contributed by atoms with van der Waals surface area (Å²) in [6.45, 7) is 8.53. The van der Waals surface area contributed by atoms with Gasteiger partial charge in [0.05, 0.1) is 6.54 Å². The Labute approximate surface area is 99.6 Å². The highest BCUT2D eigenvalue weighted by Crippen LogP contribution is 2.23. The molecular weight excluding hydrogens is 200 g/mol. The van der Waals surface area contributed by atoms with Gasteiger partial charge in [-0.25, -0.2) is 0 Å². The first-order valence-corrected chi connectivity index (χ1v) is 6.68. The molecule has 94 valence electrons. The summed E-state index contributed by atoms with van der Waals surface area (Å²) in [4.78, 5) is 13.7. The fourth-order valence-corrected chi connectivity index (χ4v) is 2.38. The number of hydrogen-bond donors (Lipinski definition) is 1. The summed E-state index contributed by atoms with van der Waals surface area (Å²) >= 11 is 0. The number of rotatable bonds is 5. The Morgan fingerprint density at radius 1 is 1.19 bits per heavy atom. The van der Waals surface area contributed by atoms with Crippen molar-refractivity contribution in [1.82, 2.24) is 10.2 Å². The molecule has 0 spiro atoms. The van der Waals surface area contributed by atoms with E-state index in [9.17, 15) is 4.79 Å². The van der Waals surface area contributed by atoms with Gasteiger partial charge in [0.1, 0.15) is 0 Å². The summed E-state index contributed by atoms with van der Waals surface area (Å²) in [5, 5.41) is 3.40. The van der Waals surface area contributed by atoms with E-state index in [0.29, 0.717) is 12.6 Å². The van der Waals surface area contributed by atoms with Crippen molar-refractivity contribution in [3.63, 3.8) is 0 Å². The van der Waals surface area contributed by atoms with Crippen LogP contribution in [0.4, 0.5) is 0 Å². The molecule has 1 aliphatic rings. The van der Waals surface area contributed by atoms with Crippen LogP contribution in [0.25, 0.3) is 0 Å². The maximum Gasteiger partial charge on any atom is 0.236 e. The molecule has 3 nitrogen and oxygen atoms in total. The van der Waals surface area contributed by atoms with Gasteiger partial charge < -0.3 is 10.2 Å². The van der Waals surface area contributed by atoms with Crippen molar-refractivity contribution in [1.29, 1.82) is 0 Å². The first-order valence-electron chi connectivity index (χ1n) is 6.68. The van der Waals surface area contributed by atoms with E-state index < -0.39 is 0 Å². The predicted octanol–water partition coefficient (Wildman–Crippen LogP) is 2.02. The number of hydrogen-bond acceptors (Lipinski definition) is 2. The van der Waals surface area contributed by atoms with E-state index in [4.69, 9.17) is 0 Å². The third-order valence-corrected chi connectivity index (χ3v) is 3.67. The molecule has 0 saturated heterocycles. The van der Waals surface area contributed by atoms with Crippen molar-refractivity contribution in [2.45, 2.75) is 52.5 Å². The lowest BCUT2D eigenvalue weighted by atomic mass is 9.87. The molecule has 0 radical (unpaired) electrons. The summed E-state index contributed by atoms with van der Waals surface area (Å²) in [6.07, 6.45) is 5.06. The molecule has 0 aromatic carbocycles. The molecule has 0 bridgehead atoms. The van der Waals surface area contributed by atoms with Crippen molar-refractivity contribution >= 4 is 5.91 Å². The summed E-state index contributed by atoms with van der Waals surface area (Å²) in [7, 11) is 0. The Bertz CT molecular complexity index is 206. The van der Waals surface area contributed by atoms with Gasteiger partial charge in [-0.15, -0.1) is 0 Å². The van der Waals surface area contributed by atoms with E-state index in [1.807, 2.05) is 18.7 Å². The third-order valence-electron chi connectivity index (χ3n) is 3.67. The standard InChI is InChI=1S/C13H26N2O/c1-4-15(5-2)13(16)10-14-12-8-6-11(3)7-9-12/h11-12,14H,4-10H2,1-3H3. The highest BCUT2D eigenvalue weighted by atomic mass is 16.2. The molecule has 0 heterocycles. The number of carbonyl (C=O) groups is 1. The van der Waals surface area contributed by atoms with Crippen LogP contribution >= 0.6 is 0 Å². The molecule has 1 N–H and O–H groups in total. The molecule has 3 heteroatoms. The average Bonchev–Trinajstić information content (AvgIpc) is 2.30. The Balaban J connectivity index is 2.21. The van der Waals surface area contributed by atoms with Crippen LogP contribution in [0.1, 0.15) is 46.5 Å². The van der Waals surface area contributed by atoms with Gasteiger partial charge in [-0.3, -0.25) is 4.79 Å². The zero-order valence-corrected chi connectivity index (χ0v) is 11.0. The van der Waals surface area contributed by atoms with Gasteiger partial charge in [0.15, 0.2) is 0 Å². The van der Waals surface area contributed by atoms with E-state index in [-0.39, 0.29) is 5.91 Å². The minimum absolute atomic E-state index is 0.239. The predicted molar refractivity (Wildman–Crippen MR) is 67.4 cm³/mol. The number of nitrogens with zero attached hydrogens (tertiary/aromatic N) is 1. The van der Waals surface area contributed by atoms with Crippen molar-refractivity contribution in [3.05, 3.63) is 0 Å². The molecule has 0 atom stereocenters. The minimum Gasteiger partial charge on any atom is -0.342 e. The lowest BCUT2D eigenvalue weighted by Crippen LogP contribution is -2.42. The molecule has 0 unspecified atom stereocenters. The van der Waals surface area contributed by atoms with Gasteiger partial charge in [-0.1, -0.05) is 6.92 Å². The van der Waals surface area contributed by atoms with Gasteiger partial charge >= 0.3 is 0 Å². The lowest BCUT2D eigenvalue weighted by Gasteiger charge is -2.28. The van der Waals surface area contributed by atoms with Crippen LogP contribution < -0.4 is 5.32 Å². The Kier molecular flexibility index (Phi) is 5.81. The van der Waals surface area contributed by atoms with Gasteiger partial charge in [0.2, 0.25) is 5.91 Å². The topological polar surface area (TPSA) is 32.3 Å². The second-order valence-electron chi connectivity index (χ2n) is 4.90. The maximum atomic E-state index is 11.8. The number of nitrogens with one attached hydrogen (secondary N) is 1. The van der Waals surface area contributed by atoms with Crippen molar-refractivity contribution in [3.8, 4) is 0 Å². The fourth-order valence-electron chi connectivity index (χ4n) is 2.38. The van der Waals surface area contributed by atoms with Gasteiger partial charge in [-0.2, -0.15) is 0 Å². The molecular formula is C13H26N2O. The van der Waals surface area contributed by atoms with E-state index in [1.165, 1.54) is 25.7 Å². The summed E-state index contributed by atoms with van der Waals surface area (Å²) in [6, 6.07) is 0.565. The van der Waals surface area contributed by atoms with Gasteiger partial charge in [0, 0.05) is 19.1 Å². The van der Waals surface area contributed by atoms with E-state index in [1.54, 1.807) is 0 Å². The first-order chi connectivity index (χ1) is 7.67. The second-order valence-corrected chi connectivity index (χ2v) is 4.90. The minimum atomic E-state index is 0.239. The Morgan fingerprint density at radius 2 is 1.75 bits per heavy atom. The molecule has 0 aromatic rings. The molecule has 0 aliphatic heterocycles. The summed E-state index contributed by atoms with van der Waals surface area (Å²) in [5.74, 6) is 1.11. The van der Waals surface area contributed by atoms with Crippen LogP contribution in [-0.2, 0) is 4.79 Å². The van der Waals surface area contributed by atoms with Crippen LogP contribution in [-0.4, -0.2) is 36.5 Å². The zero-order valence-electron chi connectivity index (χ0n) is 11.0. The van der Waals surface area contributed by atoms with Crippen molar-refractivity contribution in [2.24, 2.45) is 5.92 Å². The van der Waals surface area contributed by atoms with Crippen LogP contribution in [0.3, 0.4) is 0 Å². The third kappa shape index (κ3) is 4.12. The van der Waals surface area contributed by atoms with Gasteiger partial charge in [-0.05, 0) is 45.4 Å². The molecule has 1 aliphatic carbocycles. The number of likely N-dealkylation sites (N-methyl/N-ethyl adjacent to an activating group) is 1. The Hall–Kier alpha value is -0.570. The summed E-state index contributed by atoms with van der Waals surface area (Å²) < 4.78 is 0. The van der Waals surface area contributed by atoms with Crippen molar-refractivity contribution in [2.75, 3.05) is 19.6 Å². The molecule has 1 saturated carbocycles. The SMILES string of the molecule is CCN(CC)C(=O)CNC1CCC(C)CC1. The lowest BCUT2D eigenvalue weighted by molar-refractivity contribution is -0.130. The van der Waals surface area contributed by atoms with Crippen LogP contribution in [0.2, 0.25) is 0 Å². The smallest absolute Gasteiger partial charge is 0.236 e. The maximum absolute atomic E-state index is 11.8. The quantitative estimate of drug-likeness (QED) is 0.778. The highest BCUT2D eigenvalue weighted by Gasteiger charge is 2.19. The Morgan fingerprint density at radius 3 is 2.25 bits per heavy atom. The molecule has 1 rings (SSSR count). The molecule has 0 aromatic heterocycles. The van der Waals surface area contributed by atoms with Crippen molar-refractivity contribution < 1.29 is 4.79 Å². The highest BCUT2D eigenvalue weighted by molar-refractivity contribution is 5.78. The normalized spacial score (nSPS) is 25.4. The zero-order chi connectivity index (χ0) is 12.0. The second kappa shape index (κ2) is 6.89. The number of carbonyl (C=O) groups excluding carboxylic acids is 1. The largest absolute Gasteiger partial charge is 0.342 e.